The summed E-state index contributed by atoms with van der Waals surface area (Å²) in [5, 5.41) is 9.32. The average Bonchev–Trinajstić information content (AvgIpc) is 2.18. The lowest BCUT2D eigenvalue weighted by Crippen LogP contribution is -2.44. The van der Waals surface area contributed by atoms with Crippen molar-refractivity contribution in [3.05, 3.63) is 0 Å². The maximum Gasteiger partial charge on any atom is 0.376 e. The van der Waals surface area contributed by atoms with Crippen LogP contribution < -0.4 is 0 Å². The Morgan fingerprint density at radius 2 is 2.14 bits per heavy atom. The fraction of sp³-hybridized carbons (Fsp3) is 0.889. The molecule has 4 nitrogen and oxygen atoms in total. The predicted molar refractivity (Wildman–Crippen MR) is 54.8 cm³/mol. The largest absolute Gasteiger partial charge is 0.466 e. The van der Waals surface area contributed by atoms with Crippen LogP contribution in [0.4, 0.5) is 0 Å². The highest BCUT2D eigenvalue weighted by molar-refractivity contribution is 6.45. The molecule has 0 amide bonds. The topological polar surface area (TPSA) is 49.8 Å². The standard InChI is InChI=1S/C9H18BNO3/c1-3-14-9(12)8-4-6-11(7-5-8)10(2)13/h8,13H,3-7H2,1-2H3. The van der Waals surface area contributed by atoms with Crippen molar-refractivity contribution in [2.24, 2.45) is 5.92 Å². The lowest BCUT2D eigenvalue weighted by atomic mass is 9.81. The molecule has 14 heavy (non-hydrogen) atoms. The summed E-state index contributed by atoms with van der Waals surface area (Å²) in [6, 6.07) is 0. The molecular formula is C9H18BNO3. The second-order valence-corrected chi connectivity index (χ2v) is 3.69. The molecule has 1 N–H and O–H groups in total. The SMILES string of the molecule is CCOC(=O)C1CCN(B(C)O)CC1. The van der Waals surface area contributed by atoms with Crippen molar-refractivity contribution in [1.82, 2.24) is 4.81 Å². The number of hydrogen-bond donors (Lipinski definition) is 1. The molecule has 1 heterocycles. The van der Waals surface area contributed by atoms with E-state index >= 15 is 0 Å². The van der Waals surface area contributed by atoms with Gasteiger partial charge in [0.25, 0.3) is 0 Å². The highest BCUT2D eigenvalue weighted by Crippen LogP contribution is 2.18. The van der Waals surface area contributed by atoms with Crippen LogP contribution in [-0.4, -0.2) is 42.6 Å². The molecule has 1 aliphatic rings. The van der Waals surface area contributed by atoms with E-state index in [1.165, 1.54) is 0 Å². The summed E-state index contributed by atoms with van der Waals surface area (Å²) >= 11 is 0. The molecule has 80 valence electrons. The Labute approximate surface area is 85.4 Å². The zero-order chi connectivity index (χ0) is 10.6. The second-order valence-electron chi connectivity index (χ2n) is 3.69. The molecule has 0 saturated carbocycles. The van der Waals surface area contributed by atoms with Crippen LogP contribution >= 0.6 is 0 Å². The number of hydrogen-bond acceptors (Lipinski definition) is 4. The molecule has 0 aromatic carbocycles. The fourth-order valence-corrected chi connectivity index (χ4v) is 1.77. The Hall–Kier alpha value is -0.545. The number of esters is 1. The smallest absolute Gasteiger partial charge is 0.376 e. The fourth-order valence-electron chi connectivity index (χ4n) is 1.77. The molecule has 1 saturated heterocycles. The summed E-state index contributed by atoms with van der Waals surface area (Å²) in [4.78, 5) is 13.3. The molecule has 0 atom stereocenters. The van der Waals surface area contributed by atoms with Gasteiger partial charge in [-0.2, -0.15) is 0 Å². The van der Waals surface area contributed by atoms with Crippen molar-refractivity contribution in [3.8, 4) is 0 Å². The molecule has 0 radical (unpaired) electrons. The van der Waals surface area contributed by atoms with Crippen molar-refractivity contribution in [1.29, 1.82) is 0 Å². The normalized spacial score (nSPS) is 19.4. The van der Waals surface area contributed by atoms with E-state index in [-0.39, 0.29) is 11.9 Å². The van der Waals surface area contributed by atoms with Gasteiger partial charge < -0.3 is 14.6 Å². The molecule has 5 heteroatoms. The highest BCUT2D eigenvalue weighted by Gasteiger charge is 2.28. The van der Waals surface area contributed by atoms with Crippen LogP contribution in [0, 0.1) is 5.92 Å². The summed E-state index contributed by atoms with van der Waals surface area (Å²) in [7, 11) is -0.404. The summed E-state index contributed by atoms with van der Waals surface area (Å²) in [5.41, 5.74) is 0. The van der Waals surface area contributed by atoms with E-state index in [4.69, 9.17) is 4.74 Å². The molecular weight excluding hydrogens is 181 g/mol. The minimum Gasteiger partial charge on any atom is -0.466 e. The summed E-state index contributed by atoms with van der Waals surface area (Å²) in [5.74, 6) is -0.0531. The Bertz CT molecular complexity index is 190. The zero-order valence-corrected chi connectivity index (χ0v) is 8.90. The quantitative estimate of drug-likeness (QED) is 0.527. The minimum absolute atomic E-state index is 0.0324. The van der Waals surface area contributed by atoms with Gasteiger partial charge in [-0.3, -0.25) is 4.79 Å². The second kappa shape index (κ2) is 5.36. The third-order valence-electron chi connectivity index (χ3n) is 2.68. The van der Waals surface area contributed by atoms with Gasteiger partial charge in [0, 0.05) is 0 Å². The monoisotopic (exact) mass is 199 g/mol. The van der Waals surface area contributed by atoms with Crippen LogP contribution in [0.2, 0.25) is 6.82 Å². The number of carbonyl (C=O) groups excluding carboxylic acids is 1. The first-order valence-electron chi connectivity index (χ1n) is 5.24. The van der Waals surface area contributed by atoms with Crippen molar-refractivity contribution >= 4 is 13.0 Å². The summed E-state index contributed by atoms with van der Waals surface area (Å²) in [6.07, 6.45) is 1.59. The van der Waals surface area contributed by atoms with E-state index in [0.29, 0.717) is 6.61 Å². The van der Waals surface area contributed by atoms with Gasteiger partial charge in [-0.05, 0) is 39.7 Å². The highest BCUT2D eigenvalue weighted by atomic mass is 16.5. The first kappa shape index (κ1) is 11.5. The number of nitrogens with zero attached hydrogens (tertiary/aromatic N) is 1. The molecule has 0 unspecified atom stereocenters. The molecule has 0 bridgehead atoms. The molecule has 0 spiro atoms. The third-order valence-corrected chi connectivity index (χ3v) is 2.68. The molecule has 1 fully saturated rings. The van der Waals surface area contributed by atoms with Crippen molar-refractivity contribution in [2.45, 2.75) is 26.6 Å². The van der Waals surface area contributed by atoms with Gasteiger partial charge in [0.05, 0.1) is 12.5 Å². The molecule has 0 aromatic heterocycles. The molecule has 1 aliphatic heterocycles. The van der Waals surface area contributed by atoms with Gasteiger partial charge in [0.15, 0.2) is 0 Å². The van der Waals surface area contributed by atoms with Crippen LogP contribution in [0.25, 0.3) is 0 Å². The van der Waals surface area contributed by atoms with E-state index in [1.807, 2.05) is 11.7 Å². The van der Waals surface area contributed by atoms with E-state index in [2.05, 4.69) is 0 Å². The lowest BCUT2D eigenvalue weighted by Gasteiger charge is -2.31. The van der Waals surface area contributed by atoms with Gasteiger partial charge in [0.1, 0.15) is 0 Å². The Morgan fingerprint density at radius 1 is 1.57 bits per heavy atom. The van der Waals surface area contributed by atoms with Crippen molar-refractivity contribution in [2.75, 3.05) is 19.7 Å². The van der Waals surface area contributed by atoms with E-state index < -0.39 is 7.05 Å². The number of ether oxygens (including phenoxy) is 1. The first-order chi connectivity index (χ1) is 6.65. The van der Waals surface area contributed by atoms with E-state index in [1.54, 1.807) is 6.82 Å². The maximum absolute atomic E-state index is 11.4. The Kier molecular flexibility index (Phi) is 4.42. The minimum atomic E-state index is -0.404. The maximum atomic E-state index is 11.4. The Morgan fingerprint density at radius 3 is 2.57 bits per heavy atom. The van der Waals surface area contributed by atoms with Crippen LogP contribution in [0.1, 0.15) is 19.8 Å². The van der Waals surface area contributed by atoms with Crippen LogP contribution in [0.15, 0.2) is 0 Å². The zero-order valence-electron chi connectivity index (χ0n) is 8.90. The van der Waals surface area contributed by atoms with Crippen LogP contribution in [0.5, 0.6) is 0 Å². The van der Waals surface area contributed by atoms with Crippen molar-refractivity contribution in [3.63, 3.8) is 0 Å². The van der Waals surface area contributed by atoms with Crippen molar-refractivity contribution < 1.29 is 14.6 Å². The summed E-state index contributed by atoms with van der Waals surface area (Å²) < 4.78 is 4.96. The van der Waals surface area contributed by atoms with Gasteiger partial charge in [-0.1, -0.05) is 0 Å². The lowest BCUT2D eigenvalue weighted by molar-refractivity contribution is -0.149. The first-order valence-corrected chi connectivity index (χ1v) is 5.24. The Balaban J connectivity index is 2.31. The van der Waals surface area contributed by atoms with E-state index in [0.717, 1.165) is 25.9 Å². The van der Waals surface area contributed by atoms with E-state index in [9.17, 15) is 9.82 Å². The molecule has 0 aliphatic carbocycles. The average molecular weight is 199 g/mol. The number of rotatable bonds is 3. The van der Waals surface area contributed by atoms with Gasteiger partial charge in [0.2, 0.25) is 0 Å². The third kappa shape index (κ3) is 2.99. The van der Waals surface area contributed by atoms with Crippen LogP contribution in [0.3, 0.4) is 0 Å². The van der Waals surface area contributed by atoms with Gasteiger partial charge >= 0.3 is 13.0 Å². The summed E-state index contributed by atoms with van der Waals surface area (Å²) in [6.45, 7) is 5.59. The van der Waals surface area contributed by atoms with Gasteiger partial charge in [-0.25, -0.2) is 0 Å². The van der Waals surface area contributed by atoms with Crippen LogP contribution in [-0.2, 0) is 9.53 Å². The van der Waals surface area contributed by atoms with Gasteiger partial charge in [-0.15, -0.1) is 0 Å². The molecule has 0 aromatic rings. The number of carbonyl (C=O) groups is 1. The molecule has 1 rings (SSSR count). The predicted octanol–water partition coefficient (Wildman–Crippen LogP) is 0.372. The number of piperidine rings is 1.